The Morgan fingerprint density at radius 1 is 1.11 bits per heavy atom. The van der Waals surface area contributed by atoms with Gasteiger partial charge in [-0.05, 0) is 45.5 Å². The molecule has 0 aliphatic carbocycles. The Hall–Kier alpha value is -3.42. The van der Waals surface area contributed by atoms with E-state index >= 15 is 0 Å². The Bertz CT molecular complexity index is 1510. The number of amides is 2. The minimum Gasteiger partial charge on any atom is -0.489 e. The number of alkyl halides is 3. The van der Waals surface area contributed by atoms with Crippen molar-refractivity contribution < 1.29 is 27.5 Å². The van der Waals surface area contributed by atoms with Crippen molar-refractivity contribution in [2.24, 2.45) is 0 Å². The van der Waals surface area contributed by atoms with Crippen LogP contribution >= 0.6 is 11.6 Å². The van der Waals surface area contributed by atoms with E-state index in [1.165, 1.54) is 18.3 Å². The first-order valence-corrected chi connectivity index (χ1v) is 15.5. The summed E-state index contributed by atoms with van der Waals surface area (Å²) in [7, 11) is 2.09. The van der Waals surface area contributed by atoms with E-state index < -0.39 is 29.0 Å². The number of nitrogens with zero attached hydrogens (tertiary/aromatic N) is 7. The molecule has 45 heavy (non-hydrogen) atoms. The molecule has 6 rings (SSSR count). The molecular weight excluding hydrogens is 611 g/mol. The molecule has 0 aromatic carbocycles. The van der Waals surface area contributed by atoms with E-state index in [-0.39, 0.29) is 65.4 Å². The molecule has 3 fully saturated rings. The van der Waals surface area contributed by atoms with Gasteiger partial charge in [0.05, 0.1) is 11.6 Å². The minimum absolute atomic E-state index is 0.00998. The van der Waals surface area contributed by atoms with Crippen molar-refractivity contribution in [1.82, 2.24) is 29.6 Å². The molecule has 0 radical (unpaired) electrons. The number of carbonyl (C=O) groups excluding carboxylic acids is 2. The summed E-state index contributed by atoms with van der Waals surface area (Å²) >= 11 is 6.86. The van der Waals surface area contributed by atoms with Crippen LogP contribution in [0.15, 0.2) is 31.0 Å². The molecule has 0 N–H and O–H groups in total. The fraction of sp³-hybridized carbons (Fsp3) is 0.548. The maximum atomic E-state index is 14.4. The Kier molecular flexibility index (Phi) is 8.23. The van der Waals surface area contributed by atoms with Crippen LogP contribution in [-0.4, -0.2) is 125 Å². The fourth-order valence-corrected chi connectivity index (χ4v) is 7.25. The lowest BCUT2D eigenvalue weighted by Gasteiger charge is -2.40. The van der Waals surface area contributed by atoms with Gasteiger partial charge in [0.15, 0.2) is 5.75 Å². The van der Waals surface area contributed by atoms with Gasteiger partial charge < -0.3 is 24.3 Å². The monoisotopic (exact) mass is 647 g/mol. The average Bonchev–Trinajstić information content (AvgIpc) is 3.25. The largest absolute Gasteiger partial charge is 0.489 e. The predicted octanol–water partition coefficient (Wildman–Crippen LogP) is 3.65. The Balaban J connectivity index is 1.49. The zero-order valence-corrected chi connectivity index (χ0v) is 26.4. The van der Waals surface area contributed by atoms with Crippen molar-refractivity contribution in [2.75, 3.05) is 70.9 Å². The van der Waals surface area contributed by atoms with Crippen molar-refractivity contribution in [3.05, 3.63) is 47.1 Å². The lowest BCUT2D eigenvalue weighted by Crippen LogP contribution is -2.57. The van der Waals surface area contributed by atoms with Crippen LogP contribution in [0.4, 0.5) is 19.0 Å². The number of fused-ring (bicyclic) bond motifs is 2. The first-order chi connectivity index (χ1) is 21.3. The third kappa shape index (κ3) is 5.74. The molecule has 2 atom stereocenters. The number of likely N-dealkylation sites (N-methyl/N-ethyl adjacent to an activating group) is 1. The Labute approximate surface area is 265 Å². The Morgan fingerprint density at radius 2 is 1.84 bits per heavy atom. The fourth-order valence-electron chi connectivity index (χ4n) is 6.96. The molecule has 2 amide bonds. The van der Waals surface area contributed by atoms with Crippen molar-refractivity contribution in [2.45, 2.75) is 44.1 Å². The zero-order valence-electron chi connectivity index (χ0n) is 25.6. The molecule has 0 bridgehead atoms. The highest BCUT2D eigenvalue weighted by Crippen LogP contribution is 2.48. The van der Waals surface area contributed by atoms with Crippen molar-refractivity contribution in [3.63, 3.8) is 0 Å². The lowest BCUT2D eigenvalue weighted by molar-refractivity contribution is -0.137. The summed E-state index contributed by atoms with van der Waals surface area (Å²) in [5.74, 6) is -0.435. The molecule has 2 aromatic heterocycles. The second kappa shape index (κ2) is 11.7. The molecule has 2 aromatic rings. The number of rotatable bonds is 4. The van der Waals surface area contributed by atoms with Gasteiger partial charge >= 0.3 is 6.18 Å². The summed E-state index contributed by atoms with van der Waals surface area (Å²) in [5, 5.41) is -0.210. The maximum Gasteiger partial charge on any atom is 0.418 e. The number of carbonyl (C=O) groups is 2. The Morgan fingerprint density at radius 3 is 2.53 bits per heavy atom. The van der Waals surface area contributed by atoms with Crippen LogP contribution in [0.2, 0.25) is 5.02 Å². The van der Waals surface area contributed by atoms with Gasteiger partial charge in [-0.3, -0.25) is 19.5 Å². The van der Waals surface area contributed by atoms with Gasteiger partial charge in [-0.25, -0.2) is 4.98 Å². The van der Waals surface area contributed by atoms with Crippen molar-refractivity contribution in [3.8, 4) is 17.1 Å². The van der Waals surface area contributed by atoms with Crippen LogP contribution < -0.4 is 9.64 Å². The molecular formula is C31H37ClF3N7O3. The topological polar surface area (TPSA) is 85.4 Å². The zero-order chi connectivity index (χ0) is 32.3. The number of anilines is 1. The molecule has 14 heteroatoms. The number of pyridine rings is 2. The van der Waals surface area contributed by atoms with Gasteiger partial charge in [0.25, 0.3) is 5.91 Å². The average molecular weight is 648 g/mol. The highest BCUT2D eigenvalue weighted by molar-refractivity contribution is 6.35. The van der Waals surface area contributed by atoms with E-state index in [9.17, 15) is 22.8 Å². The SMILES string of the molecule is C=CC(=O)N1CCN2C(=O)c3c(N4CC(N5CCN(C)CC5)CC4(C)C)nc(-c4ncccc4C(F)(F)F)c(Cl)c3OCC2C1. The first kappa shape index (κ1) is 31.6. The van der Waals surface area contributed by atoms with Gasteiger partial charge in [-0.2, -0.15) is 13.2 Å². The number of piperazine rings is 2. The predicted molar refractivity (Wildman–Crippen MR) is 163 cm³/mol. The third-order valence-electron chi connectivity index (χ3n) is 9.45. The van der Waals surface area contributed by atoms with E-state index in [1.54, 1.807) is 9.80 Å². The summed E-state index contributed by atoms with van der Waals surface area (Å²) in [6, 6.07) is 1.80. The number of ether oxygens (including phenoxy) is 1. The van der Waals surface area contributed by atoms with Crippen LogP contribution in [0.25, 0.3) is 11.4 Å². The number of hydrogen-bond donors (Lipinski definition) is 0. The second-order valence-electron chi connectivity index (χ2n) is 12.8. The van der Waals surface area contributed by atoms with E-state index in [1.807, 2.05) is 4.90 Å². The molecule has 0 spiro atoms. The molecule has 2 unspecified atom stereocenters. The maximum absolute atomic E-state index is 14.4. The van der Waals surface area contributed by atoms with Gasteiger partial charge in [-0.15, -0.1) is 0 Å². The van der Waals surface area contributed by atoms with Gasteiger partial charge in [0, 0.05) is 70.1 Å². The lowest BCUT2D eigenvalue weighted by atomic mass is 9.98. The van der Waals surface area contributed by atoms with Crippen LogP contribution in [0, 0.1) is 0 Å². The van der Waals surface area contributed by atoms with Crippen LogP contribution in [0.1, 0.15) is 36.2 Å². The molecule has 4 aliphatic heterocycles. The third-order valence-corrected chi connectivity index (χ3v) is 9.80. The van der Waals surface area contributed by atoms with E-state index in [2.05, 4.69) is 42.3 Å². The van der Waals surface area contributed by atoms with Crippen LogP contribution in [-0.2, 0) is 11.0 Å². The van der Waals surface area contributed by atoms with Gasteiger partial charge in [0.1, 0.15) is 34.4 Å². The summed E-state index contributed by atoms with van der Waals surface area (Å²) in [5.41, 5.74) is -2.01. The standard InChI is InChI=1S/C31H37ClF3N7O3/c1-5-22(43)40-13-14-41-20(16-40)18-45-27-23(29(41)44)28(37-26(24(27)32)25-21(31(33,34)35)7-6-8-36-25)42-17-19(15-30(42,2)3)39-11-9-38(4)10-12-39/h5-8,19-20H,1,9-18H2,2-4H3. The first-order valence-electron chi connectivity index (χ1n) is 15.1. The molecule has 6 heterocycles. The molecule has 0 saturated carbocycles. The number of hydrogen-bond acceptors (Lipinski definition) is 8. The van der Waals surface area contributed by atoms with E-state index in [0.29, 0.717) is 13.1 Å². The summed E-state index contributed by atoms with van der Waals surface area (Å²) in [6.07, 6.45) is -1.47. The van der Waals surface area contributed by atoms with Gasteiger partial charge in [-0.1, -0.05) is 18.2 Å². The quantitative estimate of drug-likeness (QED) is 0.465. The molecule has 4 aliphatic rings. The van der Waals surface area contributed by atoms with Crippen LogP contribution in [0.5, 0.6) is 5.75 Å². The molecule has 10 nitrogen and oxygen atoms in total. The second-order valence-corrected chi connectivity index (χ2v) is 13.1. The summed E-state index contributed by atoms with van der Waals surface area (Å²) < 4.78 is 48.9. The molecule has 3 saturated heterocycles. The minimum atomic E-state index is -4.72. The van der Waals surface area contributed by atoms with E-state index in [0.717, 1.165) is 38.7 Å². The smallest absolute Gasteiger partial charge is 0.418 e. The van der Waals surface area contributed by atoms with Crippen molar-refractivity contribution in [1.29, 1.82) is 0 Å². The number of halogens is 4. The summed E-state index contributed by atoms with van der Waals surface area (Å²) in [6.45, 7) is 12.6. The van der Waals surface area contributed by atoms with E-state index in [4.69, 9.17) is 21.3 Å². The normalized spacial score (nSPS) is 24.2. The number of aromatic nitrogens is 2. The molecule has 242 valence electrons. The summed E-state index contributed by atoms with van der Waals surface area (Å²) in [4.78, 5) is 45.7. The highest BCUT2D eigenvalue weighted by atomic mass is 35.5. The van der Waals surface area contributed by atoms with Gasteiger partial charge in [0.2, 0.25) is 5.91 Å². The highest BCUT2D eigenvalue weighted by Gasteiger charge is 2.47. The van der Waals surface area contributed by atoms with Crippen LogP contribution in [0.3, 0.4) is 0 Å². The van der Waals surface area contributed by atoms with Crippen molar-refractivity contribution >= 4 is 29.2 Å².